The highest BCUT2D eigenvalue weighted by Crippen LogP contribution is 2.19. The van der Waals surface area contributed by atoms with Gasteiger partial charge in [-0.1, -0.05) is 25.3 Å². The lowest BCUT2D eigenvalue weighted by Gasteiger charge is -2.26. The number of hydrogen-bond donors (Lipinski definition) is 1. The summed E-state index contributed by atoms with van der Waals surface area (Å²) in [6.45, 7) is 9.39. The molecule has 0 radical (unpaired) electrons. The van der Waals surface area contributed by atoms with E-state index in [-0.39, 0.29) is 0 Å². The summed E-state index contributed by atoms with van der Waals surface area (Å²) in [7, 11) is 0. The molecule has 0 atom stereocenters. The second-order valence-corrected chi connectivity index (χ2v) is 3.78. The molecule has 2 nitrogen and oxygen atoms in total. The molecule has 0 aromatic rings. The van der Waals surface area contributed by atoms with E-state index in [2.05, 4.69) is 44.5 Å². The van der Waals surface area contributed by atoms with Crippen molar-refractivity contribution in [3.8, 4) is 0 Å². The molecular weight excluding hydrogens is 275 g/mol. The number of hydrogen-bond acceptors (Lipinski definition) is 2. The summed E-state index contributed by atoms with van der Waals surface area (Å²) in [6, 6.07) is 0. The minimum atomic E-state index is 0.968. The van der Waals surface area contributed by atoms with Gasteiger partial charge in [-0.3, -0.25) is 0 Å². The van der Waals surface area contributed by atoms with Crippen molar-refractivity contribution in [3.63, 3.8) is 0 Å². The Bertz CT molecular complexity index is 266. The first kappa shape index (κ1) is 10.4. The van der Waals surface area contributed by atoms with E-state index in [1.165, 1.54) is 0 Å². The maximum absolute atomic E-state index is 3.77. The van der Waals surface area contributed by atoms with Crippen molar-refractivity contribution in [2.45, 2.75) is 0 Å². The van der Waals surface area contributed by atoms with Crippen molar-refractivity contribution in [3.05, 3.63) is 48.9 Å². The van der Waals surface area contributed by atoms with Gasteiger partial charge in [-0.05, 0) is 12.2 Å². The number of nitrogens with zero attached hydrogens (tertiary/aromatic N) is 1. The van der Waals surface area contributed by atoms with Crippen molar-refractivity contribution in [1.29, 1.82) is 0 Å². The number of allylic oxidation sites excluding steroid dienone is 4. The molecule has 0 saturated heterocycles. The van der Waals surface area contributed by atoms with Crippen molar-refractivity contribution in [2.75, 3.05) is 13.1 Å². The molecule has 1 aliphatic heterocycles. The van der Waals surface area contributed by atoms with E-state index < -0.39 is 0 Å². The molecule has 0 aromatic carbocycles. The Morgan fingerprint density at radius 3 is 2.85 bits per heavy atom. The first-order valence-electron chi connectivity index (χ1n) is 4.12. The predicted molar refractivity (Wildman–Crippen MR) is 65.3 cm³/mol. The highest BCUT2D eigenvalue weighted by atomic mass is 127. The average Bonchev–Trinajstić information content (AvgIpc) is 2.15. The summed E-state index contributed by atoms with van der Waals surface area (Å²) in [5.41, 5.74) is 2.24. The van der Waals surface area contributed by atoms with Gasteiger partial charge in [0.1, 0.15) is 0 Å². The normalized spacial score (nSPS) is 17.5. The van der Waals surface area contributed by atoms with Crippen LogP contribution in [0.1, 0.15) is 0 Å². The molecule has 1 aliphatic rings. The third kappa shape index (κ3) is 2.62. The maximum Gasteiger partial charge on any atom is 0.0689 e. The van der Waals surface area contributed by atoms with E-state index in [4.69, 9.17) is 0 Å². The summed E-state index contributed by atoms with van der Waals surface area (Å²) in [5.74, 6) is 0. The fraction of sp³-hybridized carbons (Fsp3) is 0.200. The minimum Gasteiger partial charge on any atom is -0.382 e. The zero-order chi connectivity index (χ0) is 9.68. The summed E-state index contributed by atoms with van der Waals surface area (Å²) < 4.78 is 2.17. The van der Waals surface area contributed by atoms with Crippen LogP contribution in [0.15, 0.2) is 48.9 Å². The molecule has 0 aromatic heterocycles. The van der Waals surface area contributed by atoms with Gasteiger partial charge in [0, 0.05) is 13.1 Å². The van der Waals surface area contributed by atoms with Crippen LogP contribution in [0, 0.1) is 0 Å². The van der Waals surface area contributed by atoms with Crippen LogP contribution < -0.4 is 5.32 Å². The second kappa shape index (κ2) is 5.11. The molecule has 3 heteroatoms. The molecule has 1 N–H and O–H groups in total. The van der Waals surface area contributed by atoms with Crippen LogP contribution in [0.25, 0.3) is 0 Å². The molecule has 70 valence electrons. The quantitative estimate of drug-likeness (QED) is 0.487. The second-order valence-electron chi connectivity index (χ2n) is 2.61. The first-order valence-corrected chi connectivity index (χ1v) is 5.09. The molecule has 0 amide bonds. The maximum atomic E-state index is 3.77. The molecule has 0 spiro atoms. The standard InChI is InChI=1S/C10H13IN2/c1-3-5-6-10-9(4-2)12-7-8-13(10)11/h3-6,12H,1-2,7-8H2/b6-5-. The predicted octanol–water partition coefficient (Wildman–Crippen LogP) is 2.38. The largest absolute Gasteiger partial charge is 0.382 e. The molecule has 13 heavy (non-hydrogen) atoms. The van der Waals surface area contributed by atoms with Crippen molar-refractivity contribution >= 4 is 22.9 Å². The number of rotatable bonds is 3. The van der Waals surface area contributed by atoms with Gasteiger partial charge in [-0.25, -0.2) is 0 Å². The van der Waals surface area contributed by atoms with Crippen LogP contribution in [0.3, 0.4) is 0 Å². The smallest absolute Gasteiger partial charge is 0.0689 e. The highest BCUT2D eigenvalue weighted by molar-refractivity contribution is 14.1. The van der Waals surface area contributed by atoms with Gasteiger partial charge >= 0.3 is 0 Å². The molecule has 0 bridgehead atoms. The summed E-state index contributed by atoms with van der Waals surface area (Å²) in [4.78, 5) is 0. The summed E-state index contributed by atoms with van der Waals surface area (Å²) >= 11 is 2.30. The van der Waals surface area contributed by atoms with Crippen LogP contribution in [0.2, 0.25) is 0 Å². The van der Waals surface area contributed by atoms with Gasteiger partial charge in [0.05, 0.1) is 34.3 Å². The van der Waals surface area contributed by atoms with Gasteiger partial charge in [-0.2, -0.15) is 0 Å². The third-order valence-corrected chi connectivity index (χ3v) is 2.76. The van der Waals surface area contributed by atoms with Crippen LogP contribution in [-0.2, 0) is 0 Å². The van der Waals surface area contributed by atoms with Crippen molar-refractivity contribution < 1.29 is 0 Å². The molecule has 0 fully saturated rings. The summed E-state index contributed by atoms with van der Waals surface area (Å²) in [6.07, 6.45) is 7.57. The zero-order valence-corrected chi connectivity index (χ0v) is 9.62. The Labute approximate surface area is 93.2 Å². The Morgan fingerprint density at radius 2 is 2.23 bits per heavy atom. The van der Waals surface area contributed by atoms with Crippen LogP contribution in [0.4, 0.5) is 0 Å². The fourth-order valence-corrected chi connectivity index (χ4v) is 1.80. The van der Waals surface area contributed by atoms with E-state index in [1.807, 2.05) is 18.2 Å². The zero-order valence-electron chi connectivity index (χ0n) is 7.46. The SMILES string of the molecule is C=C/C=C\C1=C(C=C)NCCN1I. The van der Waals surface area contributed by atoms with Gasteiger partial charge in [0.25, 0.3) is 0 Å². The Morgan fingerprint density at radius 1 is 1.46 bits per heavy atom. The minimum absolute atomic E-state index is 0.968. The first-order chi connectivity index (χ1) is 6.29. The van der Waals surface area contributed by atoms with E-state index in [0.29, 0.717) is 0 Å². The van der Waals surface area contributed by atoms with E-state index >= 15 is 0 Å². The monoisotopic (exact) mass is 288 g/mol. The van der Waals surface area contributed by atoms with Crippen molar-refractivity contribution in [1.82, 2.24) is 8.43 Å². The topological polar surface area (TPSA) is 15.3 Å². The Hall–Kier alpha value is -0.710. The van der Waals surface area contributed by atoms with Gasteiger partial charge < -0.3 is 8.43 Å². The fourth-order valence-electron chi connectivity index (χ4n) is 1.14. The van der Waals surface area contributed by atoms with Crippen LogP contribution in [0.5, 0.6) is 0 Å². The third-order valence-electron chi connectivity index (χ3n) is 1.76. The molecule has 1 heterocycles. The van der Waals surface area contributed by atoms with E-state index in [9.17, 15) is 0 Å². The molecule has 1 rings (SSSR count). The Balaban J connectivity index is 2.93. The van der Waals surface area contributed by atoms with E-state index in [0.717, 1.165) is 24.5 Å². The molecular formula is C10H13IN2. The van der Waals surface area contributed by atoms with Crippen LogP contribution >= 0.6 is 22.9 Å². The summed E-state index contributed by atoms with van der Waals surface area (Å²) in [5, 5.41) is 3.29. The van der Waals surface area contributed by atoms with E-state index in [1.54, 1.807) is 6.08 Å². The molecule has 0 aliphatic carbocycles. The lowest BCUT2D eigenvalue weighted by molar-refractivity contribution is 0.555. The average molecular weight is 288 g/mol. The van der Waals surface area contributed by atoms with Gasteiger partial charge in [0.2, 0.25) is 0 Å². The highest BCUT2D eigenvalue weighted by Gasteiger charge is 2.12. The van der Waals surface area contributed by atoms with Gasteiger partial charge in [-0.15, -0.1) is 0 Å². The van der Waals surface area contributed by atoms with Gasteiger partial charge in [0.15, 0.2) is 0 Å². The molecule has 0 unspecified atom stereocenters. The Kier molecular flexibility index (Phi) is 4.08. The lowest BCUT2D eigenvalue weighted by Crippen LogP contribution is -2.32. The number of halogens is 1. The number of nitrogens with one attached hydrogen (secondary N) is 1. The lowest BCUT2D eigenvalue weighted by atomic mass is 10.2. The van der Waals surface area contributed by atoms with Crippen molar-refractivity contribution in [2.24, 2.45) is 0 Å². The van der Waals surface area contributed by atoms with Crippen LogP contribution in [-0.4, -0.2) is 16.2 Å². The molecule has 0 saturated carbocycles.